The third-order valence-electron chi connectivity index (χ3n) is 2.73. The summed E-state index contributed by atoms with van der Waals surface area (Å²) < 4.78 is 0. The van der Waals surface area contributed by atoms with Crippen LogP contribution >= 0.6 is 0 Å². The molecule has 0 aromatic rings. The molecule has 1 N–H and O–H groups in total. The Balaban J connectivity index is 2.18. The predicted octanol–water partition coefficient (Wildman–Crippen LogP) is 2.17. The lowest BCUT2D eigenvalue weighted by molar-refractivity contribution is 0.153. The minimum Gasteiger partial charge on any atom is -0.252 e. The van der Waals surface area contributed by atoms with Crippen LogP contribution < -0.4 is 5.43 Å². The lowest BCUT2D eigenvalue weighted by atomic mass is 9.96. The molecular weight excluding hydrogens is 148 g/mol. The number of nitrogens with one attached hydrogen (secondary N) is 1. The summed E-state index contributed by atoms with van der Waals surface area (Å²) in [6, 6.07) is 0.763. The average molecular weight is 170 g/mol. The van der Waals surface area contributed by atoms with E-state index in [1.807, 2.05) is 0 Å². The van der Waals surface area contributed by atoms with E-state index in [2.05, 4.69) is 24.3 Å². The normalized spacial score (nSPS) is 20.2. The van der Waals surface area contributed by atoms with Gasteiger partial charge in [0.1, 0.15) is 0 Å². The van der Waals surface area contributed by atoms with Crippen LogP contribution in [-0.4, -0.2) is 24.1 Å². The molecule has 1 fully saturated rings. The first-order valence-electron chi connectivity index (χ1n) is 5.38. The summed E-state index contributed by atoms with van der Waals surface area (Å²) in [6.45, 7) is 6.65. The zero-order chi connectivity index (χ0) is 8.81. The molecule has 0 aromatic carbocycles. The molecule has 0 radical (unpaired) electrons. The van der Waals surface area contributed by atoms with Crippen LogP contribution in [0.2, 0.25) is 0 Å². The van der Waals surface area contributed by atoms with Crippen LogP contribution in [-0.2, 0) is 0 Å². The molecular formula is C10H22N2. The summed E-state index contributed by atoms with van der Waals surface area (Å²) in [5.41, 5.74) is 3.59. The van der Waals surface area contributed by atoms with E-state index in [1.165, 1.54) is 32.1 Å². The van der Waals surface area contributed by atoms with Crippen molar-refractivity contribution in [1.29, 1.82) is 0 Å². The maximum absolute atomic E-state index is 3.59. The van der Waals surface area contributed by atoms with E-state index in [4.69, 9.17) is 0 Å². The van der Waals surface area contributed by atoms with Crippen LogP contribution in [0.25, 0.3) is 0 Å². The minimum absolute atomic E-state index is 0.763. The highest BCUT2D eigenvalue weighted by atomic mass is 15.5. The first-order chi connectivity index (χ1) is 5.86. The molecule has 0 saturated heterocycles. The van der Waals surface area contributed by atoms with Crippen molar-refractivity contribution >= 4 is 0 Å². The Kier molecular flexibility index (Phi) is 4.62. The van der Waals surface area contributed by atoms with Gasteiger partial charge in [-0.2, -0.15) is 0 Å². The molecule has 12 heavy (non-hydrogen) atoms. The van der Waals surface area contributed by atoms with Gasteiger partial charge in [-0.3, -0.25) is 5.43 Å². The van der Waals surface area contributed by atoms with Crippen molar-refractivity contribution in [2.75, 3.05) is 13.1 Å². The van der Waals surface area contributed by atoms with E-state index in [-0.39, 0.29) is 0 Å². The van der Waals surface area contributed by atoms with Crippen molar-refractivity contribution in [1.82, 2.24) is 10.4 Å². The van der Waals surface area contributed by atoms with Gasteiger partial charge in [0.2, 0.25) is 0 Å². The summed E-state index contributed by atoms with van der Waals surface area (Å²) in [5.74, 6) is 0. The molecule has 72 valence electrons. The maximum atomic E-state index is 3.59. The van der Waals surface area contributed by atoms with Gasteiger partial charge >= 0.3 is 0 Å². The highest BCUT2D eigenvalue weighted by Gasteiger charge is 2.14. The van der Waals surface area contributed by atoms with Gasteiger partial charge in [0.25, 0.3) is 0 Å². The summed E-state index contributed by atoms with van der Waals surface area (Å²) in [7, 11) is 0. The summed E-state index contributed by atoms with van der Waals surface area (Å²) in [4.78, 5) is 0. The molecule has 1 saturated carbocycles. The van der Waals surface area contributed by atoms with Crippen LogP contribution in [0.3, 0.4) is 0 Å². The largest absolute Gasteiger partial charge is 0.252 e. The lowest BCUT2D eigenvalue weighted by Crippen LogP contribution is -2.45. The second kappa shape index (κ2) is 5.55. The Hall–Kier alpha value is -0.0800. The molecule has 2 nitrogen and oxygen atoms in total. The third kappa shape index (κ3) is 3.11. The smallest absolute Gasteiger partial charge is 0.0215 e. The van der Waals surface area contributed by atoms with Gasteiger partial charge in [-0.15, -0.1) is 0 Å². The Labute approximate surface area is 76.3 Å². The Morgan fingerprint density at radius 1 is 1.08 bits per heavy atom. The second-order valence-corrected chi connectivity index (χ2v) is 3.64. The van der Waals surface area contributed by atoms with Crippen LogP contribution in [0.15, 0.2) is 0 Å². The van der Waals surface area contributed by atoms with Gasteiger partial charge in [-0.05, 0) is 12.8 Å². The van der Waals surface area contributed by atoms with Crippen LogP contribution in [0.4, 0.5) is 0 Å². The first-order valence-corrected chi connectivity index (χ1v) is 5.38. The molecule has 0 heterocycles. The molecule has 0 aromatic heterocycles. The number of nitrogens with zero attached hydrogens (tertiary/aromatic N) is 1. The van der Waals surface area contributed by atoms with Crippen molar-refractivity contribution in [3.05, 3.63) is 0 Å². The quantitative estimate of drug-likeness (QED) is 0.650. The minimum atomic E-state index is 0.763. The monoisotopic (exact) mass is 170 g/mol. The molecule has 1 rings (SSSR count). The highest BCUT2D eigenvalue weighted by molar-refractivity contribution is 4.70. The molecule has 0 atom stereocenters. The number of rotatable bonds is 4. The van der Waals surface area contributed by atoms with Gasteiger partial charge in [-0.25, -0.2) is 5.01 Å². The molecule has 1 aliphatic carbocycles. The Morgan fingerprint density at radius 2 is 1.67 bits per heavy atom. The van der Waals surface area contributed by atoms with Gasteiger partial charge in [0, 0.05) is 19.1 Å². The van der Waals surface area contributed by atoms with Crippen LogP contribution in [0, 0.1) is 0 Å². The summed E-state index contributed by atoms with van der Waals surface area (Å²) >= 11 is 0. The second-order valence-electron chi connectivity index (χ2n) is 3.64. The molecule has 2 heteroatoms. The maximum Gasteiger partial charge on any atom is 0.0215 e. The van der Waals surface area contributed by atoms with Gasteiger partial charge in [0.15, 0.2) is 0 Å². The molecule has 0 amide bonds. The van der Waals surface area contributed by atoms with Crippen molar-refractivity contribution < 1.29 is 0 Å². The van der Waals surface area contributed by atoms with Crippen molar-refractivity contribution in [3.8, 4) is 0 Å². The SMILES string of the molecule is CCN(CC)NC1CCCCC1. The van der Waals surface area contributed by atoms with E-state index >= 15 is 0 Å². The van der Waals surface area contributed by atoms with Crippen molar-refractivity contribution in [3.63, 3.8) is 0 Å². The standard InChI is InChI=1S/C10H22N2/c1-3-12(4-2)11-10-8-6-5-7-9-10/h10-11H,3-9H2,1-2H3. The zero-order valence-corrected chi connectivity index (χ0v) is 8.47. The first kappa shape index (κ1) is 10.0. The van der Waals surface area contributed by atoms with Crippen molar-refractivity contribution in [2.24, 2.45) is 0 Å². The fourth-order valence-electron chi connectivity index (χ4n) is 1.90. The Bertz CT molecular complexity index is 104. The number of hydrazine groups is 1. The van der Waals surface area contributed by atoms with E-state index in [1.54, 1.807) is 0 Å². The zero-order valence-electron chi connectivity index (χ0n) is 8.47. The molecule has 0 unspecified atom stereocenters. The molecule has 0 bridgehead atoms. The predicted molar refractivity (Wildman–Crippen MR) is 52.9 cm³/mol. The van der Waals surface area contributed by atoms with Gasteiger partial charge < -0.3 is 0 Å². The summed E-state index contributed by atoms with van der Waals surface area (Å²) in [5, 5.41) is 2.32. The number of hydrogen-bond donors (Lipinski definition) is 1. The van der Waals surface area contributed by atoms with E-state index in [0.29, 0.717) is 0 Å². The van der Waals surface area contributed by atoms with E-state index in [9.17, 15) is 0 Å². The van der Waals surface area contributed by atoms with E-state index < -0.39 is 0 Å². The Morgan fingerprint density at radius 3 is 2.17 bits per heavy atom. The van der Waals surface area contributed by atoms with Gasteiger partial charge in [0.05, 0.1) is 0 Å². The van der Waals surface area contributed by atoms with Crippen molar-refractivity contribution in [2.45, 2.75) is 52.0 Å². The lowest BCUT2D eigenvalue weighted by Gasteiger charge is -2.29. The molecule has 0 aliphatic heterocycles. The number of hydrogen-bond acceptors (Lipinski definition) is 2. The van der Waals surface area contributed by atoms with Crippen LogP contribution in [0.1, 0.15) is 46.0 Å². The average Bonchev–Trinajstić information content (AvgIpc) is 2.16. The highest BCUT2D eigenvalue weighted by Crippen LogP contribution is 2.17. The van der Waals surface area contributed by atoms with Crippen LogP contribution in [0.5, 0.6) is 0 Å². The van der Waals surface area contributed by atoms with Gasteiger partial charge in [-0.1, -0.05) is 33.1 Å². The fourth-order valence-corrected chi connectivity index (χ4v) is 1.90. The van der Waals surface area contributed by atoms with E-state index in [0.717, 1.165) is 19.1 Å². The fraction of sp³-hybridized carbons (Fsp3) is 1.00. The molecule has 1 aliphatic rings. The molecule has 0 spiro atoms. The topological polar surface area (TPSA) is 15.3 Å². The third-order valence-corrected chi connectivity index (χ3v) is 2.73. The summed E-state index contributed by atoms with van der Waals surface area (Å²) in [6.07, 6.45) is 7.02.